The number of non-ortho nitro benzene ring substituents is 1. The van der Waals surface area contributed by atoms with E-state index in [-0.39, 0.29) is 41.2 Å². The molecule has 1 aromatic carbocycles. The number of hydrazine groups is 1. The van der Waals surface area contributed by atoms with E-state index in [0.29, 0.717) is 6.42 Å². The Hall–Kier alpha value is -4.11. The van der Waals surface area contributed by atoms with Gasteiger partial charge in [-0.25, -0.2) is 14.4 Å². The van der Waals surface area contributed by atoms with Crippen LogP contribution in [-0.2, 0) is 10.7 Å². The topological polar surface area (TPSA) is 150 Å². The van der Waals surface area contributed by atoms with Crippen molar-refractivity contribution in [2.75, 3.05) is 26.0 Å². The van der Waals surface area contributed by atoms with Gasteiger partial charge in [0.05, 0.1) is 10.5 Å². The third-order valence-corrected chi connectivity index (χ3v) is 6.78. The number of amides is 2. The molecule has 1 aliphatic rings. The number of carbonyl (C=O) groups is 2. The van der Waals surface area contributed by atoms with Crippen LogP contribution in [0.5, 0.6) is 0 Å². The molecule has 234 valence electrons. The summed E-state index contributed by atoms with van der Waals surface area (Å²) >= 11 is 0.826. The van der Waals surface area contributed by atoms with Gasteiger partial charge in [0.25, 0.3) is 11.6 Å². The van der Waals surface area contributed by atoms with Crippen molar-refractivity contribution in [2.45, 2.75) is 35.8 Å². The van der Waals surface area contributed by atoms with Crippen LogP contribution in [0.15, 0.2) is 40.5 Å². The molecule has 12 nitrogen and oxygen atoms in total. The Labute approximate surface area is 240 Å². The first-order chi connectivity index (χ1) is 19.9. The summed E-state index contributed by atoms with van der Waals surface area (Å²) in [5.41, 5.74) is 0.944. The SMILES string of the molecule is CN(C)C(=O)CCCN1N[NH2+]N=C1Sc1ccc([N+](=O)[O-])cc1C(=O)Nc1ncc(C(F)(F)C(F)(F)C(F)(F)F)cc1F. The Morgan fingerprint density at radius 2 is 1.84 bits per heavy atom. The summed E-state index contributed by atoms with van der Waals surface area (Å²) in [4.78, 5) is 39.8. The maximum atomic E-state index is 14.5. The molecule has 2 amide bonds. The lowest BCUT2D eigenvalue weighted by Gasteiger charge is -2.28. The van der Waals surface area contributed by atoms with Crippen molar-refractivity contribution in [3.05, 3.63) is 57.5 Å². The van der Waals surface area contributed by atoms with Crippen molar-refractivity contribution in [1.29, 1.82) is 0 Å². The van der Waals surface area contributed by atoms with Gasteiger partial charge in [0.15, 0.2) is 11.6 Å². The number of aromatic nitrogens is 1. The number of thioether (sulfide) groups is 1. The van der Waals surface area contributed by atoms with Crippen molar-refractivity contribution in [3.63, 3.8) is 0 Å². The normalized spacial score (nSPS) is 14.0. The number of hydrogen-bond donors (Lipinski definition) is 3. The number of nitrogens with two attached hydrogens (primary N) is 1. The van der Waals surface area contributed by atoms with Crippen molar-refractivity contribution < 1.29 is 55.2 Å². The Kier molecular flexibility index (Phi) is 9.81. The Morgan fingerprint density at radius 1 is 1.16 bits per heavy atom. The molecule has 43 heavy (non-hydrogen) atoms. The van der Waals surface area contributed by atoms with E-state index in [1.54, 1.807) is 14.1 Å². The van der Waals surface area contributed by atoms with E-state index in [4.69, 9.17) is 0 Å². The number of amidine groups is 1. The van der Waals surface area contributed by atoms with Gasteiger partial charge >= 0.3 is 18.0 Å². The molecule has 0 atom stereocenters. The molecule has 0 radical (unpaired) electrons. The molecular formula is C22H21F8N8O4S+. The maximum absolute atomic E-state index is 14.5. The average Bonchev–Trinajstić information content (AvgIpc) is 3.35. The van der Waals surface area contributed by atoms with Gasteiger partial charge in [0.2, 0.25) is 11.1 Å². The number of anilines is 1. The van der Waals surface area contributed by atoms with Crippen LogP contribution in [0.1, 0.15) is 28.8 Å². The zero-order valence-electron chi connectivity index (χ0n) is 21.9. The molecule has 0 aliphatic carbocycles. The van der Waals surface area contributed by atoms with Gasteiger partial charge in [-0.1, -0.05) is 0 Å². The van der Waals surface area contributed by atoms with Crippen LogP contribution < -0.4 is 16.4 Å². The number of nitro benzene ring substituents is 1. The zero-order chi connectivity index (χ0) is 32.3. The lowest BCUT2D eigenvalue weighted by atomic mass is 10.0. The second-order valence-electron chi connectivity index (χ2n) is 8.91. The summed E-state index contributed by atoms with van der Waals surface area (Å²) in [6.45, 7) is 0.274. The molecule has 0 fully saturated rings. The predicted molar refractivity (Wildman–Crippen MR) is 133 cm³/mol. The average molecular weight is 646 g/mol. The van der Waals surface area contributed by atoms with E-state index in [2.05, 4.69) is 15.6 Å². The molecule has 2 heterocycles. The Morgan fingerprint density at radius 3 is 2.42 bits per heavy atom. The lowest BCUT2D eigenvalue weighted by molar-refractivity contribution is -0.725. The van der Waals surface area contributed by atoms with Gasteiger partial charge in [0, 0.05) is 55.8 Å². The van der Waals surface area contributed by atoms with Crippen molar-refractivity contribution in [3.8, 4) is 0 Å². The summed E-state index contributed by atoms with van der Waals surface area (Å²) in [6, 6.07) is 2.66. The van der Waals surface area contributed by atoms with Gasteiger partial charge in [-0.2, -0.15) is 30.7 Å². The summed E-state index contributed by atoms with van der Waals surface area (Å²) in [6.07, 6.45) is -6.26. The fraction of sp³-hybridized carbons (Fsp3) is 0.364. The highest BCUT2D eigenvalue weighted by atomic mass is 32.2. The largest absolute Gasteiger partial charge is 0.460 e. The number of alkyl halides is 7. The van der Waals surface area contributed by atoms with Crippen LogP contribution >= 0.6 is 11.8 Å². The van der Waals surface area contributed by atoms with Crippen molar-refractivity contribution >= 4 is 40.2 Å². The third kappa shape index (κ3) is 7.28. The van der Waals surface area contributed by atoms with E-state index in [9.17, 15) is 54.8 Å². The molecular weight excluding hydrogens is 624 g/mol. The second kappa shape index (κ2) is 12.6. The molecule has 21 heteroatoms. The molecule has 2 aromatic rings. The number of rotatable bonds is 10. The first-order valence-electron chi connectivity index (χ1n) is 11.8. The molecule has 0 saturated carbocycles. The number of quaternary nitrogens is 1. The van der Waals surface area contributed by atoms with Gasteiger partial charge in [-0.15, -0.1) is 5.53 Å². The number of nitro groups is 1. The summed E-state index contributed by atoms with van der Waals surface area (Å²) in [5.74, 6) is -16.9. The third-order valence-electron chi connectivity index (χ3n) is 5.70. The van der Waals surface area contributed by atoms with Gasteiger partial charge < -0.3 is 10.2 Å². The van der Waals surface area contributed by atoms with Crippen molar-refractivity contribution in [1.82, 2.24) is 20.4 Å². The zero-order valence-corrected chi connectivity index (χ0v) is 22.7. The molecule has 4 N–H and O–H groups in total. The van der Waals surface area contributed by atoms with Crippen LogP contribution in [0.3, 0.4) is 0 Å². The van der Waals surface area contributed by atoms with Gasteiger partial charge in [0.1, 0.15) is 0 Å². The number of pyridine rings is 1. The highest BCUT2D eigenvalue weighted by Gasteiger charge is 2.73. The lowest BCUT2D eigenvalue weighted by Crippen LogP contribution is -2.87. The van der Waals surface area contributed by atoms with E-state index < -0.39 is 57.3 Å². The minimum atomic E-state index is -6.67. The number of hydrogen-bond acceptors (Lipinski definition) is 9. The van der Waals surface area contributed by atoms with Gasteiger partial charge in [-0.05, 0) is 41.0 Å². The van der Waals surface area contributed by atoms with E-state index >= 15 is 0 Å². The molecule has 1 aromatic heterocycles. The first-order valence-corrected chi connectivity index (χ1v) is 12.6. The molecule has 3 rings (SSSR count). The van der Waals surface area contributed by atoms with E-state index in [1.807, 2.05) is 5.32 Å². The standard InChI is InChI=1S/C22H20F8N8O4S/c1-36(2)16(39)4-3-7-37-19(33-34-35-37)43-15-6-5-12(38(41)42)9-13(15)18(40)32-17-14(23)8-11(10-31-17)20(24,25)21(26,27)22(28,29)30/h5-6,8-10,34-35H,3-4,7H2,1-2H3,(H,31,32,40)/p+1. The number of nitrogens with zero attached hydrogens (tertiary/aromatic N) is 5. The highest BCUT2D eigenvalue weighted by Crippen LogP contribution is 2.51. The molecule has 0 bridgehead atoms. The van der Waals surface area contributed by atoms with Crippen LogP contribution in [0.25, 0.3) is 0 Å². The molecule has 0 unspecified atom stereocenters. The fourth-order valence-corrected chi connectivity index (χ4v) is 4.32. The fourth-order valence-electron chi connectivity index (χ4n) is 3.36. The smallest absolute Gasteiger partial charge is 0.349 e. The second-order valence-corrected chi connectivity index (χ2v) is 9.92. The predicted octanol–water partition coefficient (Wildman–Crippen LogP) is 3.20. The van der Waals surface area contributed by atoms with E-state index in [0.717, 1.165) is 23.9 Å². The molecule has 0 spiro atoms. The molecule has 1 aliphatic heterocycles. The number of benzene rings is 1. The number of carbonyl (C=O) groups excluding carboxylic acids is 2. The van der Waals surface area contributed by atoms with Crippen LogP contribution in [0, 0.1) is 15.9 Å². The minimum absolute atomic E-state index is 0.0294. The first kappa shape index (κ1) is 33.4. The summed E-state index contributed by atoms with van der Waals surface area (Å²) in [7, 11) is 3.18. The van der Waals surface area contributed by atoms with Crippen LogP contribution in [0.4, 0.5) is 46.6 Å². The number of nitrogens with one attached hydrogen (secondary N) is 2. The Bertz CT molecular complexity index is 1440. The Balaban J connectivity index is 1.85. The van der Waals surface area contributed by atoms with E-state index in [1.165, 1.54) is 21.5 Å². The molecule has 0 saturated heterocycles. The number of halogens is 8. The monoisotopic (exact) mass is 645 g/mol. The summed E-state index contributed by atoms with van der Waals surface area (Å²) in [5, 5.41) is 19.0. The summed E-state index contributed by atoms with van der Waals surface area (Å²) < 4.78 is 107. The van der Waals surface area contributed by atoms with Crippen molar-refractivity contribution in [2.24, 2.45) is 5.10 Å². The van der Waals surface area contributed by atoms with Crippen LogP contribution in [-0.4, -0.2) is 69.5 Å². The van der Waals surface area contributed by atoms with Crippen LogP contribution in [0.2, 0.25) is 0 Å². The minimum Gasteiger partial charge on any atom is -0.349 e. The van der Waals surface area contributed by atoms with Gasteiger partial charge in [-0.3, -0.25) is 19.7 Å². The maximum Gasteiger partial charge on any atom is 0.460 e. The highest BCUT2D eigenvalue weighted by molar-refractivity contribution is 8.13. The quantitative estimate of drug-likeness (QED) is 0.154.